The Morgan fingerprint density at radius 2 is 1.93 bits per heavy atom. The number of carbonyl (C=O) groups excluding carboxylic acids is 1. The first-order valence-electron chi connectivity index (χ1n) is 9.01. The Balaban J connectivity index is 1.34. The first kappa shape index (κ1) is 17.0. The van der Waals surface area contributed by atoms with Crippen LogP contribution in [0.4, 0.5) is 0 Å². The highest BCUT2D eigenvalue weighted by Crippen LogP contribution is 2.37. The third kappa shape index (κ3) is 2.86. The molecule has 28 heavy (non-hydrogen) atoms. The molecule has 2 heterocycles. The maximum atomic E-state index is 12.8. The maximum Gasteiger partial charge on any atom is 0.200 e. The molecule has 2 aromatic heterocycles. The van der Waals surface area contributed by atoms with E-state index in [9.17, 15) is 4.79 Å². The summed E-state index contributed by atoms with van der Waals surface area (Å²) >= 11 is 1.39. The molecule has 0 radical (unpaired) electrons. The Morgan fingerprint density at radius 1 is 1.07 bits per heavy atom. The molecule has 0 bridgehead atoms. The number of carbonyl (C=O) groups is 1. The number of benzene rings is 2. The molecular formula is C22H17N3O2S. The number of furan rings is 1. The molecule has 0 spiro atoms. The zero-order valence-corrected chi connectivity index (χ0v) is 16.1. The summed E-state index contributed by atoms with van der Waals surface area (Å²) in [7, 11) is 1.87. The fraction of sp³-hybridized carbons (Fsp3) is 0.136. The van der Waals surface area contributed by atoms with Gasteiger partial charge in [-0.05, 0) is 46.9 Å². The molecule has 0 N–H and O–H groups in total. The summed E-state index contributed by atoms with van der Waals surface area (Å²) in [5.74, 6) is 1.70. The summed E-state index contributed by atoms with van der Waals surface area (Å²) in [5, 5.41) is 9.04. The van der Waals surface area contributed by atoms with Gasteiger partial charge in [-0.2, -0.15) is 0 Å². The smallest absolute Gasteiger partial charge is 0.200 e. The van der Waals surface area contributed by atoms with E-state index in [1.54, 1.807) is 6.26 Å². The van der Waals surface area contributed by atoms with Crippen molar-refractivity contribution in [2.24, 2.45) is 7.05 Å². The van der Waals surface area contributed by atoms with E-state index in [4.69, 9.17) is 4.42 Å². The lowest BCUT2D eigenvalue weighted by molar-refractivity contribution is 0.102. The summed E-state index contributed by atoms with van der Waals surface area (Å²) in [6.07, 6.45) is 2.54. The van der Waals surface area contributed by atoms with Crippen LogP contribution < -0.4 is 0 Å². The van der Waals surface area contributed by atoms with E-state index in [1.807, 2.05) is 41.9 Å². The van der Waals surface area contributed by atoms with E-state index < -0.39 is 0 Å². The van der Waals surface area contributed by atoms with Crippen molar-refractivity contribution in [2.75, 3.05) is 5.75 Å². The number of ketones is 1. The molecule has 0 unspecified atom stereocenters. The Hall–Kier alpha value is -3.12. The molecule has 1 aliphatic rings. The van der Waals surface area contributed by atoms with Crippen LogP contribution in [-0.2, 0) is 13.5 Å². The van der Waals surface area contributed by atoms with Gasteiger partial charge >= 0.3 is 0 Å². The normalized spacial score (nSPS) is 12.0. The number of Topliss-reactive ketones (excluding diaryl/α,β-unsaturated/α-hetero) is 1. The monoisotopic (exact) mass is 387 g/mol. The van der Waals surface area contributed by atoms with Gasteiger partial charge < -0.3 is 8.98 Å². The average molecular weight is 387 g/mol. The number of rotatable bonds is 5. The first-order valence-corrected chi connectivity index (χ1v) is 10.00. The van der Waals surface area contributed by atoms with Crippen LogP contribution in [0.3, 0.4) is 0 Å². The minimum absolute atomic E-state index is 0.0831. The van der Waals surface area contributed by atoms with Gasteiger partial charge in [-0.1, -0.05) is 48.2 Å². The molecule has 0 atom stereocenters. The number of thioether (sulfide) groups is 1. The van der Waals surface area contributed by atoms with Crippen LogP contribution in [0.25, 0.3) is 22.7 Å². The summed E-state index contributed by atoms with van der Waals surface area (Å²) in [6, 6.07) is 18.1. The minimum Gasteiger partial charge on any atom is -0.461 e. The van der Waals surface area contributed by atoms with Gasteiger partial charge in [0.1, 0.15) is 0 Å². The second-order valence-electron chi connectivity index (χ2n) is 6.76. The van der Waals surface area contributed by atoms with E-state index >= 15 is 0 Å². The van der Waals surface area contributed by atoms with Gasteiger partial charge in [0.15, 0.2) is 22.5 Å². The second kappa shape index (κ2) is 6.80. The SMILES string of the molecule is Cn1c(SCC(=O)c2ccc3c(c2)-c2ccccc2C3)nnc1-c1ccco1. The fourth-order valence-corrected chi connectivity index (χ4v) is 4.38. The van der Waals surface area contributed by atoms with E-state index in [0.29, 0.717) is 22.5 Å². The quantitative estimate of drug-likeness (QED) is 0.325. The highest BCUT2D eigenvalue weighted by atomic mass is 32.2. The summed E-state index contributed by atoms with van der Waals surface area (Å²) in [5.41, 5.74) is 5.74. The van der Waals surface area contributed by atoms with Crippen LogP contribution in [0.5, 0.6) is 0 Å². The maximum absolute atomic E-state index is 12.8. The largest absolute Gasteiger partial charge is 0.461 e. The second-order valence-corrected chi connectivity index (χ2v) is 7.70. The lowest BCUT2D eigenvalue weighted by Gasteiger charge is -2.06. The molecule has 138 valence electrons. The van der Waals surface area contributed by atoms with Gasteiger partial charge in [0.05, 0.1) is 12.0 Å². The van der Waals surface area contributed by atoms with Crippen molar-refractivity contribution in [3.05, 3.63) is 77.6 Å². The Labute approximate surface area is 166 Å². The predicted octanol–water partition coefficient (Wildman–Crippen LogP) is 4.62. The van der Waals surface area contributed by atoms with Crippen molar-refractivity contribution in [3.8, 4) is 22.7 Å². The zero-order valence-electron chi connectivity index (χ0n) is 15.3. The summed E-state index contributed by atoms with van der Waals surface area (Å²) in [4.78, 5) is 12.8. The Bertz CT molecular complexity index is 1180. The molecule has 4 aromatic rings. The standard InChI is InChI=1S/C22H17N3O2S/c1-25-21(20-7-4-10-27-20)23-24-22(25)28-13-19(26)16-9-8-15-11-14-5-2-3-6-17(14)18(15)12-16/h2-10,12H,11,13H2,1H3. The molecule has 0 fully saturated rings. The van der Waals surface area contributed by atoms with E-state index in [0.717, 1.165) is 12.0 Å². The van der Waals surface area contributed by atoms with Crippen LogP contribution in [0.1, 0.15) is 21.5 Å². The van der Waals surface area contributed by atoms with Crippen molar-refractivity contribution < 1.29 is 9.21 Å². The third-order valence-electron chi connectivity index (χ3n) is 5.03. The average Bonchev–Trinajstić information content (AvgIpc) is 3.44. The molecule has 6 heteroatoms. The lowest BCUT2D eigenvalue weighted by Crippen LogP contribution is -2.04. The van der Waals surface area contributed by atoms with Crippen molar-refractivity contribution >= 4 is 17.5 Å². The number of hydrogen-bond acceptors (Lipinski definition) is 5. The van der Waals surface area contributed by atoms with Crippen LogP contribution in [0, 0.1) is 0 Å². The third-order valence-corrected chi connectivity index (χ3v) is 6.05. The summed E-state index contributed by atoms with van der Waals surface area (Å²) in [6.45, 7) is 0. The molecule has 0 saturated heterocycles. The van der Waals surface area contributed by atoms with Crippen molar-refractivity contribution in [1.82, 2.24) is 14.8 Å². The highest BCUT2D eigenvalue weighted by molar-refractivity contribution is 7.99. The number of aromatic nitrogens is 3. The molecule has 0 aliphatic heterocycles. The van der Waals surface area contributed by atoms with E-state index in [2.05, 4.69) is 34.5 Å². The number of nitrogens with zero attached hydrogens (tertiary/aromatic N) is 3. The van der Waals surface area contributed by atoms with Crippen LogP contribution in [0.2, 0.25) is 0 Å². The molecule has 0 saturated carbocycles. The predicted molar refractivity (Wildman–Crippen MR) is 108 cm³/mol. The summed E-state index contributed by atoms with van der Waals surface area (Å²) < 4.78 is 7.22. The lowest BCUT2D eigenvalue weighted by atomic mass is 10.0. The number of hydrogen-bond donors (Lipinski definition) is 0. The van der Waals surface area contributed by atoms with Gasteiger partial charge in [-0.25, -0.2) is 0 Å². The van der Waals surface area contributed by atoms with Crippen molar-refractivity contribution in [2.45, 2.75) is 11.6 Å². The molecular weight excluding hydrogens is 370 g/mol. The van der Waals surface area contributed by atoms with Gasteiger partial charge in [0, 0.05) is 12.6 Å². The highest BCUT2D eigenvalue weighted by Gasteiger charge is 2.20. The number of fused-ring (bicyclic) bond motifs is 3. The van der Waals surface area contributed by atoms with E-state index in [1.165, 1.54) is 34.0 Å². The van der Waals surface area contributed by atoms with Crippen LogP contribution >= 0.6 is 11.8 Å². The molecule has 1 aliphatic carbocycles. The first-order chi connectivity index (χ1) is 13.7. The molecule has 2 aromatic carbocycles. The molecule has 5 rings (SSSR count). The van der Waals surface area contributed by atoms with Gasteiger partial charge in [0.2, 0.25) is 0 Å². The van der Waals surface area contributed by atoms with Crippen LogP contribution in [0.15, 0.2) is 70.4 Å². The van der Waals surface area contributed by atoms with Crippen molar-refractivity contribution in [3.63, 3.8) is 0 Å². The van der Waals surface area contributed by atoms with Gasteiger partial charge in [-0.3, -0.25) is 4.79 Å². The van der Waals surface area contributed by atoms with E-state index in [-0.39, 0.29) is 5.78 Å². The van der Waals surface area contributed by atoms with Crippen LogP contribution in [-0.4, -0.2) is 26.3 Å². The Morgan fingerprint density at radius 3 is 2.79 bits per heavy atom. The topological polar surface area (TPSA) is 60.9 Å². The molecule has 5 nitrogen and oxygen atoms in total. The van der Waals surface area contributed by atoms with Crippen molar-refractivity contribution in [1.29, 1.82) is 0 Å². The van der Waals surface area contributed by atoms with Gasteiger partial charge in [-0.15, -0.1) is 10.2 Å². The fourth-order valence-electron chi connectivity index (χ4n) is 3.57. The molecule has 0 amide bonds. The zero-order chi connectivity index (χ0) is 19.1. The Kier molecular flexibility index (Phi) is 4.13. The van der Waals surface area contributed by atoms with Gasteiger partial charge in [0.25, 0.3) is 0 Å². The minimum atomic E-state index is 0.0831.